The quantitative estimate of drug-likeness (QED) is 0.391. The van der Waals surface area contributed by atoms with Crippen LogP contribution in [0.25, 0.3) is 20.4 Å². The second-order valence-electron chi connectivity index (χ2n) is 6.05. The Labute approximate surface area is 176 Å². The number of carbonyl (C=O) groups is 2. The van der Waals surface area contributed by atoms with Gasteiger partial charge in [0.05, 0.1) is 30.2 Å². The zero-order valence-corrected chi connectivity index (χ0v) is 17.2. The van der Waals surface area contributed by atoms with E-state index in [9.17, 15) is 9.59 Å². The predicted octanol–water partition coefficient (Wildman–Crippen LogP) is 5.47. The average Bonchev–Trinajstić information content (AvgIpc) is 3.44. The molecule has 0 unspecified atom stereocenters. The van der Waals surface area contributed by atoms with Crippen LogP contribution in [0.5, 0.6) is 0 Å². The summed E-state index contributed by atoms with van der Waals surface area (Å²) >= 11 is 3.96. The van der Waals surface area contributed by atoms with E-state index in [1.165, 1.54) is 22.7 Å². The zero-order valence-electron chi connectivity index (χ0n) is 14.7. The molecular weight excluding hydrogens is 424 g/mol. The molecule has 0 saturated carbocycles. The van der Waals surface area contributed by atoms with Crippen LogP contribution in [0, 0.1) is 0 Å². The highest BCUT2D eigenvalue weighted by molar-refractivity contribution is 7.23. The molecule has 3 aromatic heterocycles. The first-order chi connectivity index (χ1) is 14.2. The van der Waals surface area contributed by atoms with Gasteiger partial charge in [0.25, 0.3) is 11.8 Å². The van der Waals surface area contributed by atoms with Crippen LogP contribution >= 0.6 is 34.0 Å². The van der Waals surface area contributed by atoms with Crippen molar-refractivity contribution in [3.05, 3.63) is 70.4 Å². The van der Waals surface area contributed by atoms with Gasteiger partial charge in [0, 0.05) is 0 Å². The number of para-hydroxylation sites is 2. The number of carbonyl (C=O) groups excluding carboxylic acids is 2. The first kappa shape index (κ1) is 17.9. The Balaban J connectivity index is 1.30. The van der Waals surface area contributed by atoms with Crippen molar-refractivity contribution < 1.29 is 9.59 Å². The lowest BCUT2D eigenvalue weighted by Crippen LogP contribution is -2.10. The number of hydrogen-bond acceptors (Lipinski definition) is 7. The highest BCUT2D eigenvalue weighted by Gasteiger charge is 2.16. The highest BCUT2D eigenvalue weighted by Crippen LogP contribution is 2.28. The number of thiophene rings is 1. The molecule has 0 aliphatic heterocycles. The van der Waals surface area contributed by atoms with Crippen molar-refractivity contribution in [2.75, 3.05) is 10.6 Å². The van der Waals surface area contributed by atoms with Gasteiger partial charge in [0.1, 0.15) is 0 Å². The number of nitrogens with one attached hydrogen (secondary N) is 2. The molecule has 29 heavy (non-hydrogen) atoms. The molecule has 0 saturated heterocycles. The topological polar surface area (TPSA) is 84.0 Å². The lowest BCUT2D eigenvalue weighted by molar-refractivity contribution is 0.102. The Morgan fingerprint density at radius 3 is 1.52 bits per heavy atom. The molecule has 2 aromatic carbocycles. The predicted molar refractivity (Wildman–Crippen MR) is 119 cm³/mol. The van der Waals surface area contributed by atoms with Crippen molar-refractivity contribution in [2.45, 2.75) is 0 Å². The smallest absolute Gasteiger partial charge is 0.267 e. The van der Waals surface area contributed by atoms with Crippen molar-refractivity contribution in [3.8, 4) is 0 Å². The number of thiazole rings is 2. The van der Waals surface area contributed by atoms with Gasteiger partial charge >= 0.3 is 0 Å². The molecule has 0 aliphatic carbocycles. The van der Waals surface area contributed by atoms with E-state index in [-0.39, 0.29) is 11.8 Å². The maximum atomic E-state index is 12.5. The van der Waals surface area contributed by atoms with Crippen LogP contribution in [0.1, 0.15) is 19.3 Å². The van der Waals surface area contributed by atoms with E-state index in [0.29, 0.717) is 20.0 Å². The van der Waals surface area contributed by atoms with Gasteiger partial charge in [-0.25, -0.2) is 9.97 Å². The maximum Gasteiger partial charge on any atom is 0.267 e. The Morgan fingerprint density at radius 2 is 1.07 bits per heavy atom. The lowest BCUT2D eigenvalue weighted by atomic mass is 10.3. The normalized spacial score (nSPS) is 11.0. The van der Waals surface area contributed by atoms with E-state index in [1.807, 2.05) is 48.5 Å². The first-order valence-corrected chi connectivity index (χ1v) is 11.0. The minimum atomic E-state index is -0.284. The highest BCUT2D eigenvalue weighted by atomic mass is 32.1. The maximum absolute atomic E-state index is 12.5. The van der Waals surface area contributed by atoms with Crippen LogP contribution in [0.15, 0.2) is 60.7 Å². The summed E-state index contributed by atoms with van der Waals surface area (Å²) in [7, 11) is 0. The van der Waals surface area contributed by atoms with Gasteiger partial charge in [-0.15, -0.1) is 11.3 Å². The second-order valence-corrected chi connectivity index (χ2v) is 9.19. The summed E-state index contributed by atoms with van der Waals surface area (Å²) in [5.74, 6) is -0.568. The van der Waals surface area contributed by atoms with E-state index in [2.05, 4.69) is 20.6 Å². The van der Waals surface area contributed by atoms with Gasteiger partial charge in [0.2, 0.25) is 0 Å². The van der Waals surface area contributed by atoms with Crippen LogP contribution in [0.4, 0.5) is 10.3 Å². The minimum absolute atomic E-state index is 0.284. The summed E-state index contributed by atoms with van der Waals surface area (Å²) in [5, 5.41) is 6.67. The van der Waals surface area contributed by atoms with E-state index >= 15 is 0 Å². The van der Waals surface area contributed by atoms with Crippen LogP contribution in [0.3, 0.4) is 0 Å². The van der Waals surface area contributed by atoms with Crippen molar-refractivity contribution >= 4 is 76.5 Å². The number of rotatable bonds is 4. The molecule has 9 heteroatoms. The van der Waals surface area contributed by atoms with Gasteiger partial charge in [-0.1, -0.05) is 46.9 Å². The molecule has 0 radical (unpaired) electrons. The molecule has 3 heterocycles. The molecule has 6 nitrogen and oxygen atoms in total. The molecule has 0 aliphatic rings. The molecule has 0 atom stereocenters. The Bertz CT molecular complexity index is 1200. The third-order valence-corrected chi connectivity index (χ3v) is 7.07. The standard InChI is InChI=1S/C20H12N4O2S3/c25-17(23-19-21-11-5-1-3-7-13(11)28-19)15-9-10-16(27-15)18(26)24-20-22-12-6-2-4-8-14(12)29-20/h1-10H,(H,21,23,25)(H,22,24,26). The van der Waals surface area contributed by atoms with Crippen LogP contribution in [0.2, 0.25) is 0 Å². The fourth-order valence-electron chi connectivity index (χ4n) is 2.75. The number of hydrogen-bond donors (Lipinski definition) is 2. The van der Waals surface area contributed by atoms with Gasteiger partial charge < -0.3 is 0 Å². The first-order valence-electron chi connectivity index (χ1n) is 8.59. The number of amides is 2. The number of fused-ring (bicyclic) bond motifs is 2. The third kappa shape index (κ3) is 3.63. The summed E-state index contributed by atoms with van der Waals surface area (Å²) in [6.07, 6.45) is 0. The monoisotopic (exact) mass is 436 g/mol. The Hall–Kier alpha value is -3.14. The zero-order chi connectivity index (χ0) is 19.8. The second kappa shape index (κ2) is 7.36. The molecule has 142 valence electrons. The molecule has 0 spiro atoms. The number of aromatic nitrogens is 2. The minimum Gasteiger partial charge on any atom is -0.297 e. The largest absolute Gasteiger partial charge is 0.297 e. The van der Waals surface area contributed by atoms with Crippen molar-refractivity contribution in [3.63, 3.8) is 0 Å². The number of anilines is 2. The van der Waals surface area contributed by atoms with Gasteiger partial charge in [-0.05, 0) is 36.4 Å². The van der Waals surface area contributed by atoms with Crippen molar-refractivity contribution in [1.82, 2.24) is 9.97 Å². The molecular formula is C20H12N4O2S3. The van der Waals surface area contributed by atoms with E-state index in [0.717, 1.165) is 31.8 Å². The molecule has 5 rings (SSSR count). The molecule has 5 aromatic rings. The Morgan fingerprint density at radius 1 is 0.621 bits per heavy atom. The SMILES string of the molecule is O=C(Nc1nc2ccccc2s1)c1ccc(C(=O)Nc2nc3ccccc3s2)s1. The molecule has 0 bridgehead atoms. The summed E-state index contributed by atoms with van der Waals surface area (Å²) in [4.78, 5) is 34.7. The van der Waals surface area contributed by atoms with E-state index < -0.39 is 0 Å². The molecule has 0 fully saturated rings. The van der Waals surface area contributed by atoms with Crippen LogP contribution in [-0.4, -0.2) is 21.8 Å². The van der Waals surface area contributed by atoms with Gasteiger partial charge in [0.15, 0.2) is 10.3 Å². The van der Waals surface area contributed by atoms with Crippen LogP contribution < -0.4 is 10.6 Å². The van der Waals surface area contributed by atoms with Gasteiger partial charge in [-0.2, -0.15) is 0 Å². The lowest BCUT2D eigenvalue weighted by Gasteiger charge is -1.99. The van der Waals surface area contributed by atoms with E-state index in [1.54, 1.807) is 12.1 Å². The van der Waals surface area contributed by atoms with E-state index in [4.69, 9.17) is 0 Å². The van der Waals surface area contributed by atoms with Crippen molar-refractivity contribution in [1.29, 1.82) is 0 Å². The third-order valence-electron chi connectivity index (χ3n) is 4.08. The number of nitrogens with zero attached hydrogens (tertiary/aromatic N) is 2. The fraction of sp³-hybridized carbons (Fsp3) is 0. The fourth-order valence-corrected chi connectivity index (χ4v) is 5.27. The summed E-state index contributed by atoms with van der Waals surface area (Å²) in [5.41, 5.74) is 1.68. The summed E-state index contributed by atoms with van der Waals surface area (Å²) in [6, 6.07) is 18.7. The number of benzene rings is 2. The summed E-state index contributed by atoms with van der Waals surface area (Å²) in [6.45, 7) is 0. The summed E-state index contributed by atoms with van der Waals surface area (Å²) < 4.78 is 2.01. The molecule has 2 N–H and O–H groups in total. The van der Waals surface area contributed by atoms with Crippen molar-refractivity contribution in [2.24, 2.45) is 0 Å². The van der Waals surface area contributed by atoms with Crippen LogP contribution in [-0.2, 0) is 0 Å². The molecule has 2 amide bonds. The average molecular weight is 437 g/mol. The van der Waals surface area contributed by atoms with Gasteiger partial charge in [-0.3, -0.25) is 20.2 Å². The Kier molecular flexibility index (Phi) is 4.55.